The van der Waals surface area contributed by atoms with Gasteiger partial charge in [0, 0.05) is 46.0 Å². The molecule has 28 heavy (non-hydrogen) atoms. The van der Waals surface area contributed by atoms with E-state index in [4.69, 9.17) is 0 Å². The molecule has 13 heteroatoms. The molecule has 0 radical (unpaired) electrons. The van der Waals surface area contributed by atoms with Crippen molar-refractivity contribution in [3.63, 3.8) is 0 Å². The second-order valence-electron chi connectivity index (χ2n) is 6.20. The highest BCUT2D eigenvalue weighted by atomic mass is 35.5. The Morgan fingerprint density at radius 1 is 1.21 bits per heavy atom. The number of aromatic amines is 1. The van der Waals surface area contributed by atoms with Crippen molar-refractivity contribution in [2.24, 2.45) is 7.05 Å². The van der Waals surface area contributed by atoms with E-state index in [1.54, 1.807) is 0 Å². The van der Waals surface area contributed by atoms with Crippen LogP contribution in [-0.4, -0.2) is 67.1 Å². The van der Waals surface area contributed by atoms with Gasteiger partial charge in [0.15, 0.2) is 0 Å². The molecule has 3 rings (SSSR count). The molecule has 1 aliphatic heterocycles. The van der Waals surface area contributed by atoms with Gasteiger partial charge in [0.1, 0.15) is 10.5 Å². The zero-order valence-corrected chi connectivity index (χ0v) is 17.8. The Hall–Kier alpha value is -1.50. The van der Waals surface area contributed by atoms with Crippen LogP contribution in [0.4, 0.5) is 0 Å². The molecule has 3 heterocycles. The van der Waals surface area contributed by atoms with E-state index in [1.807, 2.05) is 0 Å². The number of rotatable bonds is 6. The lowest BCUT2D eigenvalue weighted by Crippen LogP contribution is -2.44. The minimum atomic E-state index is -3.78. The van der Waals surface area contributed by atoms with Gasteiger partial charge in [-0.3, -0.25) is 14.3 Å². The number of aromatic nitrogens is 3. The first-order valence-corrected chi connectivity index (χ1v) is 9.88. The number of hydrogen-bond donors (Lipinski definition) is 3. The summed E-state index contributed by atoms with van der Waals surface area (Å²) in [7, 11) is -2.32. The third kappa shape index (κ3) is 5.52. The summed E-state index contributed by atoms with van der Waals surface area (Å²) < 4.78 is 28.6. The molecule has 1 fully saturated rings. The molecule has 158 valence electrons. The first kappa shape index (κ1) is 24.5. The fourth-order valence-corrected chi connectivity index (χ4v) is 3.94. The van der Waals surface area contributed by atoms with Crippen molar-refractivity contribution in [2.45, 2.75) is 11.3 Å². The predicted octanol–water partition coefficient (Wildman–Crippen LogP) is -0.961. The Bertz CT molecular complexity index is 1020. The lowest BCUT2D eigenvalue weighted by atomic mass is 10.3. The maximum atomic E-state index is 12.4. The Kier molecular flexibility index (Phi) is 9.05. The van der Waals surface area contributed by atoms with E-state index in [2.05, 4.69) is 24.9 Å². The number of H-pyrrole nitrogens is 1. The summed E-state index contributed by atoms with van der Waals surface area (Å²) in [6.45, 7) is 4.94. The summed E-state index contributed by atoms with van der Waals surface area (Å²) in [6.07, 6.45) is 1.84. The molecule has 0 amide bonds. The predicted molar refractivity (Wildman–Crippen MR) is 111 cm³/mol. The van der Waals surface area contributed by atoms with Crippen LogP contribution in [-0.2, 0) is 17.1 Å². The van der Waals surface area contributed by atoms with Crippen molar-refractivity contribution >= 4 is 45.9 Å². The molecule has 1 aliphatic rings. The van der Waals surface area contributed by atoms with Crippen molar-refractivity contribution in [2.75, 3.05) is 39.3 Å². The van der Waals surface area contributed by atoms with Crippen LogP contribution in [0.3, 0.4) is 0 Å². The van der Waals surface area contributed by atoms with Crippen molar-refractivity contribution in [1.29, 1.82) is 0 Å². The second kappa shape index (κ2) is 10.3. The summed E-state index contributed by atoms with van der Waals surface area (Å²) in [5.74, 6) is 0. The van der Waals surface area contributed by atoms with E-state index >= 15 is 0 Å². The highest BCUT2D eigenvalue weighted by Gasteiger charge is 2.17. The molecule has 10 nitrogen and oxygen atoms in total. The standard InChI is InChI=1S/C15H22N6O4S.2ClH/c1-20-13-12(14(22)19-15(20)23)9-11(10-17-13)26(24,25)18-3-2-6-21-7-4-16-5-8-21;;/h9-10,16,18H,2-8H2,1H3,(H,19,22,23);2*1H. The van der Waals surface area contributed by atoms with Gasteiger partial charge in [-0.25, -0.2) is 22.9 Å². The number of pyridine rings is 1. The van der Waals surface area contributed by atoms with E-state index in [9.17, 15) is 18.0 Å². The van der Waals surface area contributed by atoms with Crippen LogP contribution in [0.25, 0.3) is 11.0 Å². The van der Waals surface area contributed by atoms with E-state index in [-0.39, 0.29) is 40.7 Å². The van der Waals surface area contributed by atoms with Gasteiger partial charge in [0.2, 0.25) is 10.0 Å². The maximum Gasteiger partial charge on any atom is 0.329 e. The minimum Gasteiger partial charge on any atom is -0.314 e. The van der Waals surface area contributed by atoms with Crippen molar-refractivity contribution in [3.05, 3.63) is 33.1 Å². The van der Waals surface area contributed by atoms with E-state index < -0.39 is 21.3 Å². The highest BCUT2D eigenvalue weighted by Crippen LogP contribution is 2.12. The molecule has 1 saturated heterocycles. The number of nitrogens with zero attached hydrogens (tertiary/aromatic N) is 3. The van der Waals surface area contributed by atoms with Crippen LogP contribution in [0.2, 0.25) is 0 Å². The van der Waals surface area contributed by atoms with Gasteiger partial charge < -0.3 is 10.2 Å². The van der Waals surface area contributed by atoms with Crippen LogP contribution in [0, 0.1) is 0 Å². The quantitative estimate of drug-likeness (QED) is 0.479. The average molecular weight is 455 g/mol. The average Bonchev–Trinajstić information content (AvgIpc) is 2.64. The Morgan fingerprint density at radius 2 is 1.89 bits per heavy atom. The van der Waals surface area contributed by atoms with Gasteiger partial charge in [-0.2, -0.15) is 0 Å². The normalized spacial score (nSPS) is 15.0. The lowest BCUT2D eigenvalue weighted by Gasteiger charge is -2.27. The smallest absolute Gasteiger partial charge is 0.314 e. The molecule has 3 N–H and O–H groups in total. The fraction of sp³-hybridized carbons (Fsp3) is 0.533. The number of fused-ring (bicyclic) bond motifs is 1. The fourth-order valence-electron chi connectivity index (χ4n) is 2.89. The van der Waals surface area contributed by atoms with Crippen LogP contribution < -0.4 is 21.3 Å². The maximum absolute atomic E-state index is 12.4. The molecule has 0 aromatic carbocycles. The van der Waals surface area contributed by atoms with Gasteiger partial charge in [-0.05, 0) is 19.0 Å². The van der Waals surface area contributed by atoms with Crippen LogP contribution in [0.1, 0.15) is 6.42 Å². The summed E-state index contributed by atoms with van der Waals surface area (Å²) in [5, 5.41) is 3.32. The number of piperazine rings is 1. The molecule has 2 aromatic rings. The lowest BCUT2D eigenvalue weighted by molar-refractivity contribution is 0.239. The molecule has 0 unspecified atom stereocenters. The first-order valence-electron chi connectivity index (χ1n) is 8.40. The zero-order chi connectivity index (χ0) is 18.7. The van der Waals surface area contributed by atoms with Crippen LogP contribution >= 0.6 is 24.8 Å². The van der Waals surface area contributed by atoms with Gasteiger partial charge in [-0.1, -0.05) is 0 Å². The topological polar surface area (TPSA) is 129 Å². The van der Waals surface area contributed by atoms with Crippen LogP contribution in [0.5, 0.6) is 0 Å². The highest BCUT2D eigenvalue weighted by molar-refractivity contribution is 7.89. The van der Waals surface area contributed by atoms with E-state index in [0.29, 0.717) is 13.0 Å². The van der Waals surface area contributed by atoms with Gasteiger partial charge >= 0.3 is 5.69 Å². The van der Waals surface area contributed by atoms with E-state index in [1.165, 1.54) is 13.1 Å². The molecular formula is C15H24Cl2N6O4S. The Morgan fingerprint density at radius 3 is 2.57 bits per heavy atom. The Labute approximate surface area is 174 Å². The molecular weight excluding hydrogens is 431 g/mol. The molecule has 2 aromatic heterocycles. The largest absolute Gasteiger partial charge is 0.329 e. The van der Waals surface area contributed by atoms with E-state index in [0.717, 1.165) is 43.5 Å². The number of hydrogen-bond acceptors (Lipinski definition) is 7. The second-order valence-corrected chi connectivity index (χ2v) is 7.97. The number of halogens is 2. The molecule has 0 aliphatic carbocycles. The zero-order valence-electron chi connectivity index (χ0n) is 15.3. The van der Waals surface area contributed by atoms with Crippen molar-refractivity contribution in [1.82, 2.24) is 29.5 Å². The summed E-state index contributed by atoms with van der Waals surface area (Å²) >= 11 is 0. The van der Waals surface area contributed by atoms with Crippen molar-refractivity contribution in [3.8, 4) is 0 Å². The summed E-state index contributed by atoms with van der Waals surface area (Å²) in [6, 6.07) is 1.24. The minimum absolute atomic E-state index is 0. The third-order valence-corrected chi connectivity index (χ3v) is 5.82. The molecule has 0 bridgehead atoms. The van der Waals surface area contributed by atoms with Gasteiger partial charge in [0.05, 0.1) is 5.39 Å². The Balaban J connectivity index is 0.00000196. The van der Waals surface area contributed by atoms with Crippen molar-refractivity contribution < 1.29 is 8.42 Å². The monoisotopic (exact) mass is 454 g/mol. The summed E-state index contributed by atoms with van der Waals surface area (Å²) in [5.41, 5.74) is -1.13. The first-order chi connectivity index (χ1) is 12.4. The number of sulfonamides is 1. The molecule has 0 spiro atoms. The van der Waals surface area contributed by atoms with Crippen LogP contribution in [0.15, 0.2) is 26.7 Å². The SMILES string of the molecule is Cl.Cl.Cn1c(=O)[nH]c(=O)c2cc(S(=O)(=O)NCCCN3CCNCC3)cnc21. The number of nitrogens with one attached hydrogen (secondary N) is 3. The summed E-state index contributed by atoms with van der Waals surface area (Å²) in [4.78, 5) is 31.8. The van der Waals surface area contributed by atoms with Gasteiger partial charge in [-0.15, -0.1) is 24.8 Å². The molecule has 0 saturated carbocycles. The molecule has 0 atom stereocenters. The van der Waals surface area contributed by atoms with Gasteiger partial charge in [0.25, 0.3) is 5.56 Å². The third-order valence-electron chi connectivity index (χ3n) is 4.39. The number of aryl methyl sites for hydroxylation is 1.